The first kappa shape index (κ1) is 47.4. The van der Waals surface area contributed by atoms with E-state index in [9.17, 15) is 30.3 Å². The van der Waals surface area contributed by atoms with Crippen molar-refractivity contribution in [1.82, 2.24) is 10.6 Å². The molecule has 0 amide bonds. The van der Waals surface area contributed by atoms with Gasteiger partial charge in [-0.2, -0.15) is 0 Å². The predicted molar refractivity (Wildman–Crippen MR) is 240 cm³/mol. The maximum Gasteiger partial charge on any atom is 0.146 e. The normalized spacial score (nSPS) is 35.5. The van der Waals surface area contributed by atoms with Crippen molar-refractivity contribution in [1.29, 1.82) is 0 Å². The summed E-state index contributed by atoms with van der Waals surface area (Å²) in [6.07, 6.45) is 19.7. The highest BCUT2D eigenvalue weighted by atomic mass is 16.5. The van der Waals surface area contributed by atoms with Crippen LogP contribution in [0.4, 0.5) is 0 Å². The molecule has 10 unspecified atom stereocenters. The number of nitrogens with one attached hydrogen (secondary N) is 2. The summed E-state index contributed by atoms with van der Waals surface area (Å²) >= 11 is 0. The van der Waals surface area contributed by atoms with Crippen LogP contribution in [0.25, 0.3) is 0 Å². The van der Waals surface area contributed by atoms with Crippen LogP contribution in [0.15, 0.2) is 95.2 Å². The third kappa shape index (κ3) is 9.88. The highest BCUT2D eigenvalue weighted by Crippen LogP contribution is 2.72. The van der Waals surface area contributed by atoms with E-state index in [1.807, 2.05) is 32.2 Å². The van der Waals surface area contributed by atoms with Crippen molar-refractivity contribution in [2.75, 3.05) is 53.7 Å². The predicted octanol–water partition coefficient (Wildman–Crippen LogP) is 5.84. The van der Waals surface area contributed by atoms with Gasteiger partial charge in [-0.3, -0.25) is 10.1 Å². The molecule has 1 aromatic rings. The van der Waals surface area contributed by atoms with Crippen molar-refractivity contribution in [2.45, 2.75) is 114 Å². The minimum atomic E-state index is -1.24. The fourth-order valence-corrected chi connectivity index (χ4v) is 12.2. The van der Waals surface area contributed by atoms with Gasteiger partial charge in [-0.25, -0.2) is 0 Å². The Bertz CT molecular complexity index is 1850. The van der Waals surface area contributed by atoms with E-state index in [-0.39, 0.29) is 55.6 Å². The standard InChI is InChI=1S/C51H74N2O8/c1-35(40-15-14-36(2)47(58)53-48(3,23-27-60-5)31-38-11-7-10-37(29-38)30-40)9-6-12-42(33-61-28-26-55)43-17-21-51(46(43)57)45-39(18-25-54)16-20-49(34-50(51,59)22-24-52-4)19-8-13-41(32-56)44(45)49/h6-7,9-12,14,16,20,29,32,39-40,43,45-47,52-55,57-59H,1,8,13,15,17-19,21-28,30-31,33-34H2,2-5H3. The molecule has 1 spiro atoms. The Labute approximate surface area is 364 Å². The molecule has 61 heavy (non-hydrogen) atoms. The summed E-state index contributed by atoms with van der Waals surface area (Å²) in [4.78, 5) is 12.8. The summed E-state index contributed by atoms with van der Waals surface area (Å²) in [5.41, 5.74) is 3.93. The van der Waals surface area contributed by atoms with Crippen LogP contribution >= 0.6 is 0 Å². The molecule has 10 nitrogen and oxygen atoms in total. The van der Waals surface area contributed by atoms with Crippen LogP contribution in [-0.2, 0) is 27.1 Å². The Morgan fingerprint density at radius 3 is 2.66 bits per heavy atom. The average Bonchev–Trinajstić information content (AvgIpc) is 3.59. The molecule has 4 bridgehead atoms. The summed E-state index contributed by atoms with van der Waals surface area (Å²) in [6, 6.07) is 8.68. The van der Waals surface area contributed by atoms with E-state index < -0.39 is 28.8 Å². The van der Waals surface area contributed by atoms with E-state index >= 15 is 0 Å². The number of aliphatic hydroxyl groups is 5. The molecule has 4 aliphatic carbocycles. The fourth-order valence-electron chi connectivity index (χ4n) is 12.2. The van der Waals surface area contributed by atoms with Gasteiger partial charge in [-0.15, -0.1) is 0 Å². The van der Waals surface area contributed by atoms with E-state index in [2.05, 4.69) is 66.6 Å². The number of fused-ring (bicyclic) bond motifs is 3. The SMILES string of the molecule is C=C(C=CC=C(COCCO)C1CCC2(C1O)C1C3=C(C=O)CCCC3(C=CC1CCO)CC2(O)CCNC)C1CC=C(C)C(O)NC(C)(CCOC)Cc2cccc(c2)C1. The fraction of sp³-hybridized carbons (Fsp3) is 0.627. The molecule has 0 aromatic heterocycles. The number of carbonyl (C=O) groups excluding carboxylic acids is 1. The number of benzene rings is 1. The van der Waals surface area contributed by atoms with Crippen LogP contribution in [0.5, 0.6) is 0 Å². The second kappa shape index (κ2) is 20.6. The van der Waals surface area contributed by atoms with Gasteiger partial charge in [0, 0.05) is 42.6 Å². The molecule has 10 atom stereocenters. The highest BCUT2D eigenvalue weighted by Gasteiger charge is 2.71. The maximum atomic E-state index is 13.2. The van der Waals surface area contributed by atoms with Crippen molar-refractivity contribution in [2.24, 2.45) is 34.5 Å². The van der Waals surface area contributed by atoms with Crippen molar-refractivity contribution >= 4 is 6.29 Å². The molecule has 1 aliphatic heterocycles. The number of rotatable bonds is 17. The second-order valence-electron chi connectivity index (χ2n) is 19.2. The molecule has 0 radical (unpaired) electrons. The number of allylic oxidation sites excluding steroid dienone is 9. The van der Waals surface area contributed by atoms with Gasteiger partial charge in [0.15, 0.2) is 0 Å². The number of methoxy groups -OCH3 is 1. The lowest BCUT2D eigenvalue weighted by molar-refractivity contribution is -0.207. The minimum Gasteiger partial charge on any atom is -0.396 e. The molecule has 10 heteroatoms. The number of aldehydes is 1. The van der Waals surface area contributed by atoms with Crippen LogP contribution in [0.1, 0.15) is 89.2 Å². The lowest BCUT2D eigenvalue weighted by atomic mass is 9.40. The number of carbonyl (C=O) groups is 1. The average molecular weight is 843 g/mol. The summed E-state index contributed by atoms with van der Waals surface area (Å²) in [5.74, 6) is -0.745. The Hall–Kier alpha value is -3.03. The summed E-state index contributed by atoms with van der Waals surface area (Å²) in [6.45, 7) is 10.00. The van der Waals surface area contributed by atoms with Gasteiger partial charge in [-0.1, -0.05) is 72.9 Å². The van der Waals surface area contributed by atoms with Gasteiger partial charge in [0.05, 0.1) is 31.5 Å². The van der Waals surface area contributed by atoms with Crippen LogP contribution in [-0.4, -0.2) is 109 Å². The van der Waals surface area contributed by atoms with Gasteiger partial charge in [-0.05, 0) is 156 Å². The maximum absolute atomic E-state index is 13.2. The number of hydrogen-bond donors (Lipinski definition) is 7. The molecular formula is C51H74N2O8. The monoisotopic (exact) mass is 843 g/mol. The van der Waals surface area contributed by atoms with Gasteiger partial charge in [0.25, 0.3) is 0 Å². The Morgan fingerprint density at radius 2 is 1.92 bits per heavy atom. The molecule has 336 valence electrons. The van der Waals surface area contributed by atoms with E-state index in [1.165, 1.54) is 11.1 Å². The number of hydrogen-bond acceptors (Lipinski definition) is 10. The Balaban J connectivity index is 1.33. The quantitative estimate of drug-likeness (QED) is 0.0440. The topological polar surface area (TPSA) is 161 Å². The zero-order valence-electron chi connectivity index (χ0n) is 37.2. The van der Waals surface area contributed by atoms with E-state index in [0.717, 1.165) is 66.3 Å². The molecule has 6 rings (SSSR count). The zero-order chi connectivity index (χ0) is 43.8. The molecule has 1 heterocycles. The first-order chi connectivity index (χ1) is 29.3. The number of aliphatic hydroxyl groups excluding tert-OH is 4. The summed E-state index contributed by atoms with van der Waals surface area (Å²) < 4.78 is 11.4. The van der Waals surface area contributed by atoms with Crippen molar-refractivity contribution in [3.63, 3.8) is 0 Å². The lowest BCUT2D eigenvalue weighted by Gasteiger charge is -2.66. The van der Waals surface area contributed by atoms with Crippen molar-refractivity contribution < 1.29 is 39.8 Å². The van der Waals surface area contributed by atoms with Gasteiger partial charge >= 0.3 is 0 Å². The van der Waals surface area contributed by atoms with Crippen LogP contribution in [0, 0.1) is 34.5 Å². The summed E-state index contributed by atoms with van der Waals surface area (Å²) in [7, 11) is 3.58. The molecule has 7 N–H and O–H groups in total. The smallest absolute Gasteiger partial charge is 0.146 e. The minimum absolute atomic E-state index is 0.0326. The third-order valence-corrected chi connectivity index (χ3v) is 15.2. The molecule has 2 saturated carbocycles. The van der Waals surface area contributed by atoms with Crippen LogP contribution in [0.3, 0.4) is 0 Å². The third-order valence-electron chi connectivity index (χ3n) is 15.2. The Kier molecular flexibility index (Phi) is 16.1. The second-order valence-corrected chi connectivity index (χ2v) is 19.2. The van der Waals surface area contributed by atoms with Crippen LogP contribution < -0.4 is 10.6 Å². The first-order valence-corrected chi connectivity index (χ1v) is 22.8. The van der Waals surface area contributed by atoms with Gasteiger partial charge in [0.1, 0.15) is 12.5 Å². The summed E-state index contributed by atoms with van der Waals surface area (Å²) in [5, 5.41) is 64.3. The van der Waals surface area contributed by atoms with Crippen molar-refractivity contribution in [3.05, 3.63) is 106 Å². The molecular weight excluding hydrogens is 769 g/mol. The Morgan fingerprint density at radius 1 is 1.11 bits per heavy atom. The molecule has 0 saturated heterocycles. The lowest BCUT2D eigenvalue weighted by Crippen LogP contribution is -2.67. The van der Waals surface area contributed by atoms with E-state index in [1.54, 1.807) is 7.11 Å². The number of ether oxygens (including phenoxy) is 2. The largest absolute Gasteiger partial charge is 0.396 e. The van der Waals surface area contributed by atoms with Gasteiger partial charge in [0.2, 0.25) is 0 Å². The zero-order valence-corrected chi connectivity index (χ0v) is 37.2. The molecule has 1 aromatic carbocycles. The highest BCUT2D eigenvalue weighted by molar-refractivity contribution is 5.77. The van der Waals surface area contributed by atoms with E-state index in [4.69, 9.17) is 9.47 Å². The molecule has 2 fully saturated rings. The van der Waals surface area contributed by atoms with Gasteiger partial charge < -0.3 is 40.3 Å². The molecule has 5 aliphatic rings. The van der Waals surface area contributed by atoms with Crippen molar-refractivity contribution in [3.8, 4) is 0 Å². The van der Waals surface area contributed by atoms with E-state index in [0.29, 0.717) is 58.1 Å². The van der Waals surface area contributed by atoms with Crippen LogP contribution in [0.2, 0.25) is 0 Å². The first-order valence-electron chi connectivity index (χ1n) is 22.8.